The fourth-order valence-electron chi connectivity index (χ4n) is 2.88. The summed E-state index contributed by atoms with van der Waals surface area (Å²) in [7, 11) is 0. The van der Waals surface area contributed by atoms with Crippen LogP contribution in [0, 0.1) is 0 Å². The van der Waals surface area contributed by atoms with Crippen molar-refractivity contribution in [3.63, 3.8) is 0 Å². The fraction of sp³-hybridized carbons (Fsp3) is 0.368. The van der Waals surface area contributed by atoms with Gasteiger partial charge in [0, 0.05) is 6.54 Å². The second-order valence-electron chi connectivity index (χ2n) is 6.47. The minimum atomic E-state index is -0.877. The smallest absolute Gasteiger partial charge is 0.320 e. The van der Waals surface area contributed by atoms with Crippen molar-refractivity contribution in [3.8, 4) is 12.0 Å². The topological polar surface area (TPSA) is 136 Å². The molecule has 0 aliphatic rings. The lowest BCUT2D eigenvalue weighted by Gasteiger charge is -2.08. The number of fused-ring (bicyclic) bond motifs is 1. The van der Waals surface area contributed by atoms with Gasteiger partial charge in [-0.05, 0) is 24.0 Å². The highest BCUT2D eigenvalue weighted by Crippen LogP contribution is 2.25. The van der Waals surface area contributed by atoms with E-state index < -0.39 is 5.97 Å². The molecule has 0 amide bonds. The predicted octanol–water partition coefficient (Wildman–Crippen LogP) is 2.16. The molecule has 0 spiro atoms. The molecule has 0 radical (unpaired) electrons. The highest BCUT2D eigenvalue weighted by atomic mass is 16.5. The number of rotatable bonds is 9. The van der Waals surface area contributed by atoms with Crippen molar-refractivity contribution < 1.29 is 19.7 Å². The summed E-state index contributed by atoms with van der Waals surface area (Å²) in [6, 6.07) is 7.29. The second kappa shape index (κ2) is 8.55. The Morgan fingerprint density at radius 2 is 2.04 bits per heavy atom. The Hall–Kier alpha value is -3.36. The highest BCUT2D eigenvalue weighted by molar-refractivity contribution is 5.83. The molecule has 2 aromatic heterocycles. The van der Waals surface area contributed by atoms with Crippen LogP contribution >= 0.6 is 0 Å². The zero-order valence-electron chi connectivity index (χ0n) is 15.6. The number of carboxylic acids is 1. The van der Waals surface area contributed by atoms with Crippen LogP contribution in [0.15, 0.2) is 24.3 Å². The van der Waals surface area contributed by atoms with E-state index in [0.29, 0.717) is 30.7 Å². The number of aromatic nitrogens is 4. The number of hydrogen-bond donors (Lipinski definition) is 3. The van der Waals surface area contributed by atoms with Gasteiger partial charge >= 0.3 is 12.0 Å². The van der Waals surface area contributed by atoms with Crippen LogP contribution in [0.3, 0.4) is 0 Å². The van der Waals surface area contributed by atoms with Gasteiger partial charge in [-0.1, -0.05) is 37.6 Å². The van der Waals surface area contributed by atoms with E-state index in [1.165, 1.54) is 0 Å². The van der Waals surface area contributed by atoms with Gasteiger partial charge in [-0.3, -0.25) is 9.36 Å². The largest absolute Gasteiger partial charge is 0.481 e. The van der Waals surface area contributed by atoms with Crippen molar-refractivity contribution in [2.45, 2.75) is 39.2 Å². The number of aliphatic carboxylic acids is 1. The molecule has 3 aromatic rings. The zero-order chi connectivity index (χ0) is 20.1. The van der Waals surface area contributed by atoms with Crippen LogP contribution in [0.4, 0.5) is 5.82 Å². The van der Waals surface area contributed by atoms with E-state index in [1.807, 2.05) is 18.2 Å². The number of imidazole rings is 1. The summed E-state index contributed by atoms with van der Waals surface area (Å²) in [5.41, 5.74) is 8.33. The van der Waals surface area contributed by atoms with Crippen LogP contribution < -0.4 is 10.5 Å². The number of carbonyl (C=O) groups is 1. The van der Waals surface area contributed by atoms with E-state index in [2.05, 4.69) is 21.9 Å². The Bertz CT molecular complexity index is 986. The van der Waals surface area contributed by atoms with Crippen molar-refractivity contribution in [1.82, 2.24) is 19.5 Å². The van der Waals surface area contributed by atoms with E-state index in [9.17, 15) is 9.90 Å². The number of unbranched alkanes of at least 4 members (excludes halogenated alkanes) is 1. The summed E-state index contributed by atoms with van der Waals surface area (Å²) < 4.78 is 7.08. The minimum Gasteiger partial charge on any atom is -0.481 e. The van der Waals surface area contributed by atoms with E-state index in [4.69, 9.17) is 15.6 Å². The van der Waals surface area contributed by atoms with Crippen LogP contribution in [0.25, 0.3) is 11.2 Å². The van der Waals surface area contributed by atoms with Gasteiger partial charge in [-0.25, -0.2) is 0 Å². The maximum absolute atomic E-state index is 10.9. The van der Waals surface area contributed by atoms with Gasteiger partial charge in [0.1, 0.15) is 0 Å². The zero-order valence-corrected chi connectivity index (χ0v) is 15.6. The van der Waals surface area contributed by atoms with E-state index >= 15 is 0 Å². The first-order chi connectivity index (χ1) is 13.5. The number of benzene rings is 1. The van der Waals surface area contributed by atoms with Gasteiger partial charge < -0.3 is 20.7 Å². The predicted molar refractivity (Wildman–Crippen MR) is 103 cm³/mol. The molecule has 0 saturated heterocycles. The van der Waals surface area contributed by atoms with Gasteiger partial charge in [0.2, 0.25) is 0 Å². The summed E-state index contributed by atoms with van der Waals surface area (Å²) in [6.45, 7) is 2.93. The molecule has 4 N–H and O–H groups in total. The Morgan fingerprint density at radius 3 is 2.79 bits per heavy atom. The van der Waals surface area contributed by atoms with Crippen molar-refractivity contribution in [3.05, 3.63) is 35.4 Å². The first kappa shape index (κ1) is 19.4. The number of hydrogen-bond acceptors (Lipinski definition) is 7. The lowest BCUT2D eigenvalue weighted by atomic mass is 10.1. The molecule has 0 atom stereocenters. The molecule has 0 saturated carbocycles. The van der Waals surface area contributed by atoms with Gasteiger partial charge in [0.05, 0.1) is 13.0 Å². The molecule has 3 rings (SSSR count). The molecule has 0 fully saturated rings. The second-order valence-corrected chi connectivity index (χ2v) is 6.47. The molecule has 0 unspecified atom stereocenters. The number of nitrogens with two attached hydrogens (primary N) is 1. The fourth-order valence-corrected chi connectivity index (χ4v) is 2.88. The molecule has 9 heteroatoms. The van der Waals surface area contributed by atoms with Crippen LogP contribution in [0.2, 0.25) is 0 Å². The summed E-state index contributed by atoms with van der Waals surface area (Å²) in [5, 5.41) is 19.2. The monoisotopic (exact) mass is 385 g/mol. The van der Waals surface area contributed by atoms with Gasteiger partial charge in [-0.15, -0.1) is 0 Å². The average molecular weight is 385 g/mol. The van der Waals surface area contributed by atoms with Gasteiger partial charge in [0.25, 0.3) is 6.01 Å². The standard InChI is InChI=1S/C19H23N5O4/c1-2-3-9-28-18-22-16(20)15-17(23-18)24(19(27)21-15)8-7-12-5-4-6-13(10-12)11-14(25)26/h4-6,10H,2-3,7-9,11H2,1H3,(H,21,27)(H,25,26)(H2,20,22,23). The van der Waals surface area contributed by atoms with E-state index in [1.54, 1.807) is 10.6 Å². The Labute approximate surface area is 161 Å². The number of nitrogen functional groups attached to an aromatic ring is 1. The van der Waals surface area contributed by atoms with Crippen LogP contribution in [0.1, 0.15) is 30.9 Å². The van der Waals surface area contributed by atoms with Crippen LogP contribution in [-0.2, 0) is 24.2 Å². The normalized spacial score (nSPS) is 11.0. The lowest BCUT2D eigenvalue weighted by Crippen LogP contribution is -2.07. The number of anilines is 1. The molecule has 2 heterocycles. The average Bonchev–Trinajstić information content (AvgIpc) is 2.96. The van der Waals surface area contributed by atoms with Crippen molar-refractivity contribution in [2.75, 3.05) is 12.3 Å². The molecule has 0 bridgehead atoms. The van der Waals surface area contributed by atoms with Crippen molar-refractivity contribution in [2.24, 2.45) is 0 Å². The first-order valence-corrected chi connectivity index (χ1v) is 9.13. The minimum absolute atomic E-state index is 0.0324. The summed E-state index contributed by atoms with van der Waals surface area (Å²) in [4.78, 5) is 23.4. The molecular weight excluding hydrogens is 362 g/mol. The summed E-state index contributed by atoms with van der Waals surface area (Å²) >= 11 is 0. The van der Waals surface area contributed by atoms with E-state index in [0.717, 1.165) is 24.0 Å². The number of carboxylic acid groups (broad SMARTS) is 1. The molecule has 1 aromatic carbocycles. The number of aromatic hydroxyl groups is 1. The molecule has 0 aliphatic heterocycles. The van der Waals surface area contributed by atoms with Crippen molar-refractivity contribution >= 4 is 23.0 Å². The maximum Gasteiger partial charge on any atom is 0.320 e. The molecule has 148 valence electrons. The number of nitrogens with zero attached hydrogens (tertiary/aromatic N) is 4. The van der Waals surface area contributed by atoms with Crippen molar-refractivity contribution in [1.29, 1.82) is 0 Å². The van der Waals surface area contributed by atoms with Crippen LogP contribution in [0.5, 0.6) is 12.0 Å². The Kier molecular flexibility index (Phi) is 5.93. The lowest BCUT2D eigenvalue weighted by molar-refractivity contribution is -0.136. The number of ether oxygens (including phenoxy) is 1. The summed E-state index contributed by atoms with van der Waals surface area (Å²) in [5.74, 6) is -0.729. The third-order valence-corrected chi connectivity index (χ3v) is 4.28. The molecule has 0 aliphatic carbocycles. The third kappa shape index (κ3) is 4.48. The molecular formula is C19H23N5O4. The Morgan fingerprint density at radius 1 is 1.25 bits per heavy atom. The van der Waals surface area contributed by atoms with Gasteiger partial charge in [-0.2, -0.15) is 15.0 Å². The van der Waals surface area contributed by atoms with Gasteiger partial charge in [0.15, 0.2) is 17.0 Å². The number of aryl methyl sites for hydroxylation is 2. The quantitative estimate of drug-likeness (QED) is 0.477. The Balaban J connectivity index is 1.82. The van der Waals surface area contributed by atoms with E-state index in [-0.39, 0.29) is 24.3 Å². The third-order valence-electron chi connectivity index (χ3n) is 4.28. The highest BCUT2D eigenvalue weighted by Gasteiger charge is 2.17. The molecule has 28 heavy (non-hydrogen) atoms. The first-order valence-electron chi connectivity index (χ1n) is 9.13. The molecule has 9 nitrogen and oxygen atoms in total. The summed E-state index contributed by atoms with van der Waals surface area (Å²) in [6.07, 6.45) is 2.38. The SMILES string of the molecule is CCCCOc1nc(N)c2nc(O)n(CCc3cccc(CC(=O)O)c3)c2n1. The van der Waals surface area contributed by atoms with Crippen LogP contribution in [-0.4, -0.2) is 42.3 Å². The maximum atomic E-state index is 10.9.